The van der Waals surface area contributed by atoms with Crippen LogP contribution in [0.4, 0.5) is 0 Å². The molecule has 41 heavy (non-hydrogen) atoms. The molecule has 15 nitrogen and oxygen atoms in total. The molecule has 0 saturated carbocycles. The van der Waals surface area contributed by atoms with Crippen molar-refractivity contribution < 1.29 is 28.3 Å². The first-order valence-corrected chi connectivity index (χ1v) is 14.6. The Morgan fingerprint density at radius 3 is 2.61 bits per heavy atom. The Hall–Kier alpha value is -4.02. The fourth-order valence-corrected chi connectivity index (χ4v) is 6.42. The number of nitrogens with one attached hydrogen (secondary N) is 1. The highest BCUT2D eigenvalue weighted by molar-refractivity contribution is 7.89. The lowest BCUT2D eigenvalue weighted by Crippen LogP contribution is -2.49. The molecular formula is C25H33N7O8S. The first-order valence-electron chi connectivity index (χ1n) is 13.2. The van der Waals surface area contributed by atoms with Gasteiger partial charge in [-0.2, -0.15) is 4.31 Å². The Kier molecular flexibility index (Phi) is 9.25. The van der Waals surface area contributed by atoms with Gasteiger partial charge in [0.15, 0.2) is 5.82 Å². The number of fused-ring (bicyclic) bond motifs is 1. The molecule has 222 valence electrons. The third kappa shape index (κ3) is 6.18. The molecule has 1 saturated heterocycles. The quantitative estimate of drug-likeness (QED) is 0.136. The summed E-state index contributed by atoms with van der Waals surface area (Å²) in [7, 11) is -3.92. The maximum Gasteiger partial charge on any atom is 0.294 e. The molecule has 0 radical (unpaired) electrons. The van der Waals surface area contributed by atoms with Crippen molar-refractivity contribution in [3.8, 4) is 17.1 Å². The van der Waals surface area contributed by atoms with E-state index in [1.165, 1.54) is 27.2 Å². The van der Waals surface area contributed by atoms with Crippen LogP contribution in [0.3, 0.4) is 0 Å². The summed E-state index contributed by atoms with van der Waals surface area (Å²) in [5.74, 6) is 0.473. The molecule has 0 spiro atoms. The number of aromatic nitrogens is 3. The number of oxime groups is 1. The first-order chi connectivity index (χ1) is 19.6. The number of piperazine rings is 1. The molecule has 2 N–H and O–H groups in total. The lowest BCUT2D eigenvalue weighted by Gasteiger charge is -2.33. The van der Waals surface area contributed by atoms with Gasteiger partial charge >= 0.3 is 0 Å². The summed E-state index contributed by atoms with van der Waals surface area (Å²) >= 11 is 0. The zero-order valence-corrected chi connectivity index (χ0v) is 23.9. The summed E-state index contributed by atoms with van der Waals surface area (Å²) in [6, 6.07) is 4.43. The van der Waals surface area contributed by atoms with Crippen LogP contribution in [-0.4, -0.2) is 94.7 Å². The van der Waals surface area contributed by atoms with E-state index in [0.29, 0.717) is 66.3 Å². The summed E-state index contributed by atoms with van der Waals surface area (Å²) in [6.07, 6.45) is 2.58. The number of H-pyrrole nitrogens is 1. The molecule has 0 aliphatic carbocycles. The second kappa shape index (κ2) is 12.7. The average molecular weight is 592 g/mol. The molecule has 0 unspecified atom stereocenters. The number of rotatable bonds is 12. The Labute approximate surface area is 236 Å². The minimum absolute atomic E-state index is 0.00871. The molecule has 1 aliphatic heterocycles. The highest BCUT2D eigenvalue weighted by Gasteiger charge is 2.30. The number of nitrogens with zero attached hydrogens (tertiary/aromatic N) is 6. The van der Waals surface area contributed by atoms with E-state index in [4.69, 9.17) is 4.74 Å². The minimum Gasteiger partial charge on any atom is -0.493 e. The van der Waals surface area contributed by atoms with Gasteiger partial charge in [-0.3, -0.25) is 9.69 Å². The number of sulfonamides is 1. The third-order valence-corrected chi connectivity index (χ3v) is 8.83. The maximum absolute atomic E-state index is 13.6. The molecule has 2 aromatic heterocycles. The molecule has 0 amide bonds. The van der Waals surface area contributed by atoms with E-state index < -0.39 is 20.7 Å². The van der Waals surface area contributed by atoms with Gasteiger partial charge in [-0.15, -0.1) is 15.2 Å². The molecule has 0 atom stereocenters. The Balaban J connectivity index is 1.72. The number of ether oxygens (including phenoxy) is 1. The van der Waals surface area contributed by atoms with Crippen molar-refractivity contribution in [2.75, 3.05) is 45.9 Å². The SMILES string of the molecule is CCCc1c(C=NO)c(C)c2c(=O)[nH]c(-c3cc(S(=O)(=O)N4CCN(CCO[N+](=O)[O-])CC4)ccc3OCC)nn12. The van der Waals surface area contributed by atoms with Crippen LogP contribution in [0.5, 0.6) is 5.75 Å². The van der Waals surface area contributed by atoms with Crippen LogP contribution in [0.15, 0.2) is 33.0 Å². The summed E-state index contributed by atoms with van der Waals surface area (Å²) in [4.78, 5) is 32.7. The van der Waals surface area contributed by atoms with Gasteiger partial charge in [0.1, 0.15) is 17.9 Å². The molecule has 1 aromatic carbocycles. The normalized spacial score (nSPS) is 15.1. The second-order valence-corrected chi connectivity index (χ2v) is 11.4. The molecule has 1 aliphatic rings. The largest absolute Gasteiger partial charge is 0.493 e. The van der Waals surface area contributed by atoms with Crippen molar-refractivity contribution >= 4 is 21.8 Å². The van der Waals surface area contributed by atoms with Gasteiger partial charge in [-0.05, 0) is 44.0 Å². The molecule has 0 bridgehead atoms. The van der Waals surface area contributed by atoms with Gasteiger partial charge in [0.2, 0.25) is 10.0 Å². The molecule has 1 fully saturated rings. The smallest absolute Gasteiger partial charge is 0.294 e. The Morgan fingerprint density at radius 1 is 1.24 bits per heavy atom. The van der Waals surface area contributed by atoms with E-state index in [0.717, 1.165) is 6.42 Å². The van der Waals surface area contributed by atoms with Crippen molar-refractivity contribution in [1.82, 2.24) is 23.8 Å². The first kappa shape index (κ1) is 30.0. The number of hydrogen-bond acceptors (Lipinski definition) is 11. The highest BCUT2D eigenvalue weighted by Crippen LogP contribution is 2.32. The van der Waals surface area contributed by atoms with E-state index >= 15 is 0 Å². The van der Waals surface area contributed by atoms with Gasteiger partial charge < -0.3 is 19.8 Å². The molecular weight excluding hydrogens is 558 g/mol. The number of aryl methyl sites for hydroxylation is 2. The lowest BCUT2D eigenvalue weighted by atomic mass is 10.1. The predicted molar refractivity (Wildman–Crippen MR) is 149 cm³/mol. The second-order valence-electron chi connectivity index (χ2n) is 9.44. The van der Waals surface area contributed by atoms with Crippen molar-refractivity contribution in [1.29, 1.82) is 0 Å². The topological polar surface area (TPSA) is 185 Å². The van der Waals surface area contributed by atoms with E-state index in [-0.39, 0.29) is 30.4 Å². The van der Waals surface area contributed by atoms with Gasteiger partial charge in [0.05, 0.1) is 29.0 Å². The molecule has 3 heterocycles. The van der Waals surface area contributed by atoms with Crippen LogP contribution in [-0.2, 0) is 21.3 Å². The highest BCUT2D eigenvalue weighted by atomic mass is 32.2. The van der Waals surface area contributed by atoms with Crippen LogP contribution >= 0.6 is 0 Å². The summed E-state index contributed by atoms with van der Waals surface area (Å²) in [5.41, 5.74) is 2.06. The zero-order valence-electron chi connectivity index (χ0n) is 23.1. The third-order valence-electron chi connectivity index (χ3n) is 6.94. The molecule has 16 heteroatoms. The standard InChI is InChI=1S/C25H33N7O8S/c1-4-6-21-20(16-26-34)17(3)23-25(33)27-24(28-31(21)23)19-15-18(7-8-22(19)39-5-2)41(37,38)30-11-9-29(10-12-30)13-14-40-32(35)36/h7-8,15-16,34H,4-6,9-14H2,1-3H3,(H,27,28,33). The predicted octanol–water partition coefficient (Wildman–Crippen LogP) is 1.67. The Morgan fingerprint density at radius 2 is 1.98 bits per heavy atom. The lowest BCUT2D eigenvalue weighted by molar-refractivity contribution is -0.757. The van der Waals surface area contributed by atoms with Crippen LogP contribution in [0.2, 0.25) is 0 Å². The van der Waals surface area contributed by atoms with E-state index in [1.807, 2.05) is 11.8 Å². The number of benzene rings is 1. The van der Waals surface area contributed by atoms with Gasteiger partial charge in [-0.25, -0.2) is 12.9 Å². The van der Waals surface area contributed by atoms with Crippen molar-refractivity contribution in [2.24, 2.45) is 5.16 Å². The van der Waals surface area contributed by atoms with Crippen LogP contribution in [0.25, 0.3) is 16.9 Å². The zero-order chi connectivity index (χ0) is 29.7. The summed E-state index contributed by atoms with van der Waals surface area (Å²) in [6.45, 7) is 7.21. The van der Waals surface area contributed by atoms with Crippen LogP contribution in [0, 0.1) is 17.0 Å². The van der Waals surface area contributed by atoms with Gasteiger partial charge in [-0.1, -0.05) is 18.5 Å². The van der Waals surface area contributed by atoms with Crippen molar-refractivity contribution in [3.05, 3.63) is 55.5 Å². The maximum atomic E-state index is 13.6. The van der Waals surface area contributed by atoms with Crippen LogP contribution in [0.1, 0.15) is 37.1 Å². The average Bonchev–Trinajstić information content (AvgIpc) is 3.20. The van der Waals surface area contributed by atoms with Crippen LogP contribution < -0.4 is 10.3 Å². The monoisotopic (exact) mass is 591 g/mol. The Bertz CT molecular complexity index is 1610. The number of aromatic amines is 1. The summed E-state index contributed by atoms with van der Waals surface area (Å²) < 4.78 is 35.8. The number of hydrogen-bond donors (Lipinski definition) is 2. The van der Waals surface area contributed by atoms with Gasteiger partial charge in [0.25, 0.3) is 10.6 Å². The van der Waals surface area contributed by atoms with Crippen molar-refractivity contribution in [2.45, 2.75) is 38.5 Å². The van der Waals surface area contributed by atoms with Crippen molar-refractivity contribution in [3.63, 3.8) is 0 Å². The minimum atomic E-state index is -3.92. The van der Waals surface area contributed by atoms with E-state index in [2.05, 4.69) is 20.1 Å². The fraction of sp³-hybridized carbons (Fsp3) is 0.480. The summed E-state index contributed by atoms with van der Waals surface area (Å²) in [5, 5.41) is 26.6. The fourth-order valence-electron chi connectivity index (χ4n) is 4.97. The van der Waals surface area contributed by atoms with E-state index in [1.54, 1.807) is 19.9 Å². The molecule has 4 rings (SSSR count). The molecule has 3 aromatic rings. The van der Waals surface area contributed by atoms with E-state index in [9.17, 15) is 28.5 Å². The van der Waals surface area contributed by atoms with Gasteiger partial charge in [0, 0.05) is 38.3 Å².